The molecule has 0 radical (unpaired) electrons. The maximum absolute atomic E-state index is 5.45. The molecule has 2 aromatic rings. The van der Waals surface area contributed by atoms with Crippen molar-refractivity contribution in [3.63, 3.8) is 0 Å². The number of hydrogen-bond acceptors (Lipinski definition) is 2. The summed E-state index contributed by atoms with van der Waals surface area (Å²) in [6.45, 7) is 7.54. The first kappa shape index (κ1) is 13.9. The normalized spacial score (nSPS) is 12.8. The maximum atomic E-state index is 5.45. The summed E-state index contributed by atoms with van der Waals surface area (Å²) < 4.78 is 5.45. The van der Waals surface area contributed by atoms with Crippen LogP contribution in [0.25, 0.3) is 0 Å². The minimum absolute atomic E-state index is 0.317. The molecule has 1 unspecified atom stereocenters. The molecule has 0 spiro atoms. The molecule has 0 amide bonds. The summed E-state index contributed by atoms with van der Waals surface area (Å²) in [5.74, 6) is 1.61. The van der Waals surface area contributed by atoms with Crippen LogP contribution in [0.4, 0.5) is 0 Å². The van der Waals surface area contributed by atoms with Gasteiger partial charge >= 0.3 is 0 Å². The molecule has 1 N–H and O–H groups in total. The Hall–Kier alpha value is -1.54. The zero-order chi connectivity index (χ0) is 13.7. The molecule has 0 aliphatic carbocycles. The van der Waals surface area contributed by atoms with Crippen LogP contribution in [0.2, 0.25) is 0 Å². The summed E-state index contributed by atoms with van der Waals surface area (Å²) in [7, 11) is 0. The fourth-order valence-electron chi connectivity index (χ4n) is 2.30. The van der Waals surface area contributed by atoms with E-state index < -0.39 is 0 Å². The van der Waals surface area contributed by atoms with Crippen molar-refractivity contribution in [3.8, 4) is 0 Å². The summed E-state index contributed by atoms with van der Waals surface area (Å²) in [5, 5.41) is 3.53. The lowest BCUT2D eigenvalue weighted by molar-refractivity contribution is 0.455. The van der Waals surface area contributed by atoms with Crippen molar-refractivity contribution < 1.29 is 4.42 Å². The van der Waals surface area contributed by atoms with Crippen molar-refractivity contribution in [2.75, 3.05) is 6.54 Å². The minimum atomic E-state index is 0.317. The fourth-order valence-corrected chi connectivity index (χ4v) is 2.30. The summed E-state index contributed by atoms with van der Waals surface area (Å²) >= 11 is 0. The maximum Gasteiger partial charge on any atom is 0.105 e. The van der Waals surface area contributed by atoms with Gasteiger partial charge in [-0.05, 0) is 35.7 Å². The van der Waals surface area contributed by atoms with E-state index in [1.165, 1.54) is 11.1 Å². The summed E-state index contributed by atoms with van der Waals surface area (Å²) in [6.07, 6.45) is 2.63. The van der Waals surface area contributed by atoms with Crippen molar-refractivity contribution in [2.45, 2.75) is 39.2 Å². The van der Waals surface area contributed by atoms with Gasteiger partial charge in [0.05, 0.1) is 6.26 Å². The lowest BCUT2D eigenvalue weighted by atomic mass is 9.97. The summed E-state index contributed by atoms with van der Waals surface area (Å²) in [6, 6.07) is 13.2. The van der Waals surface area contributed by atoms with Crippen LogP contribution in [0.3, 0.4) is 0 Å². The molecule has 2 rings (SSSR count). The molecule has 2 heteroatoms. The topological polar surface area (TPSA) is 25.2 Å². The molecule has 19 heavy (non-hydrogen) atoms. The number of rotatable bonds is 6. The first-order valence-electron chi connectivity index (χ1n) is 7.06. The van der Waals surface area contributed by atoms with Crippen LogP contribution in [0.5, 0.6) is 0 Å². The van der Waals surface area contributed by atoms with Crippen LogP contribution < -0.4 is 5.32 Å². The number of likely N-dealkylation sites (N-methyl/N-ethyl adjacent to an activating group) is 1. The van der Waals surface area contributed by atoms with Crippen molar-refractivity contribution >= 4 is 0 Å². The molecule has 0 aliphatic rings. The van der Waals surface area contributed by atoms with Gasteiger partial charge in [-0.2, -0.15) is 0 Å². The van der Waals surface area contributed by atoms with Gasteiger partial charge in [0.15, 0.2) is 0 Å². The first-order valence-corrected chi connectivity index (χ1v) is 7.06. The molecule has 1 aromatic carbocycles. The SMILES string of the molecule is CCNC(Cc1ccco1)c1ccc(C(C)C)cc1. The van der Waals surface area contributed by atoms with E-state index in [9.17, 15) is 0 Å². The molecule has 0 aliphatic heterocycles. The Kier molecular flexibility index (Phi) is 4.80. The molecule has 0 fully saturated rings. The predicted octanol–water partition coefficient (Wildman–Crippen LogP) is 4.30. The predicted molar refractivity (Wildman–Crippen MR) is 79.4 cm³/mol. The zero-order valence-corrected chi connectivity index (χ0v) is 12.0. The highest BCUT2D eigenvalue weighted by Crippen LogP contribution is 2.22. The number of hydrogen-bond donors (Lipinski definition) is 1. The Bertz CT molecular complexity index is 470. The molecule has 1 atom stereocenters. The first-order chi connectivity index (χ1) is 9.20. The summed E-state index contributed by atoms with van der Waals surface area (Å²) in [4.78, 5) is 0. The van der Waals surface area contributed by atoms with Crippen LogP contribution in [-0.4, -0.2) is 6.54 Å². The molecular formula is C17H23NO. The van der Waals surface area contributed by atoms with Crippen LogP contribution in [-0.2, 0) is 6.42 Å². The molecule has 2 nitrogen and oxygen atoms in total. The third-order valence-corrected chi connectivity index (χ3v) is 3.44. The van der Waals surface area contributed by atoms with Crippen molar-refractivity contribution in [3.05, 3.63) is 59.5 Å². The lowest BCUT2D eigenvalue weighted by Gasteiger charge is -2.18. The fraction of sp³-hybridized carbons (Fsp3) is 0.412. The van der Waals surface area contributed by atoms with E-state index >= 15 is 0 Å². The number of furan rings is 1. The van der Waals surface area contributed by atoms with Gasteiger partial charge in [-0.1, -0.05) is 45.0 Å². The molecule has 102 valence electrons. The minimum Gasteiger partial charge on any atom is -0.469 e. The highest BCUT2D eigenvalue weighted by molar-refractivity contribution is 5.27. The van der Waals surface area contributed by atoms with Gasteiger partial charge in [0.25, 0.3) is 0 Å². The van der Waals surface area contributed by atoms with Crippen LogP contribution in [0.15, 0.2) is 47.1 Å². The van der Waals surface area contributed by atoms with Gasteiger partial charge in [0.1, 0.15) is 5.76 Å². The monoisotopic (exact) mass is 257 g/mol. The average molecular weight is 257 g/mol. The quantitative estimate of drug-likeness (QED) is 0.834. The highest BCUT2D eigenvalue weighted by atomic mass is 16.3. The third kappa shape index (κ3) is 3.71. The second-order valence-corrected chi connectivity index (χ2v) is 5.22. The van der Waals surface area contributed by atoms with Crippen LogP contribution >= 0.6 is 0 Å². The Morgan fingerprint density at radius 2 is 1.74 bits per heavy atom. The smallest absolute Gasteiger partial charge is 0.105 e. The second-order valence-electron chi connectivity index (χ2n) is 5.22. The number of nitrogens with one attached hydrogen (secondary N) is 1. The van der Waals surface area contributed by atoms with E-state index in [0.717, 1.165) is 18.7 Å². The van der Waals surface area contributed by atoms with E-state index in [4.69, 9.17) is 4.42 Å². The van der Waals surface area contributed by atoms with Gasteiger partial charge in [-0.3, -0.25) is 0 Å². The Morgan fingerprint density at radius 1 is 1.05 bits per heavy atom. The van der Waals surface area contributed by atoms with Crippen LogP contribution in [0.1, 0.15) is 49.6 Å². The van der Waals surface area contributed by atoms with Crippen molar-refractivity contribution in [1.82, 2.24) is 5.32 Å². The third-order valence-electron chi connectivity index (χ3n) is 3.44. The van der Waals surface area contributed by atoms with Crippen molar-refractivity contribution in [2.24, 2.45) is 0 Å². The molecule has 1 heterocycles. The molecule has 0 saturated heterocycles. The standard InChI is InChI=1S/C17H23NO/c1-4-18-17(12-16-6-5-11-19-16)15-9-7-14(8-10-15)13(2)3/h5-11,13,17-18H,4,12H2,1-3H3. The molecule has 1 aromatic heterocycles. The molecule has 0 saturated carbocycles. The van der Waals surface area contributed by atoms with Gasteiger partial charge in [0, 0.05) is 12.5 Å². The van der Waals surface area contributed by atoms with Gasteiger partial charge in [0.2, 0.25) is 0 Å². The van der Waals surface area contributed by atoms with Crippen LogP contribution in [0, 0.1) is 0 Å². The zero-order valence-electron chi connectivity index (χ0n) is 12.0. The average Bonchev–Trinajstić information content (AvgIpc) is 2.91. The van der Waals surface area contributed by atoms with E-state index in [-0.39, 0.29) is 0 Å². The Balaban J connectivity index is 2.13. The lowest BCUT2D eigenvalue weighted by Crippen LogP contribution is -2.22. The van der Waals surface area contributed by atoms with E-state index in [0.29, 0.717) is 12.0 Å². The molecule has 0 bridgehead atoms. The second kappa shape index (κ2) is 6.58. The Morgan fingerprint density at radius 3 is 2.26 bits per heavy atom. The van der Waals surface area contributed by atoms with Gasteiger partial charge < -0.3 is 9.73 Å². The van der Waals surface area contributed by atoms with E-state index in [1.54, 1.807) is 6.26 Å². The largest absolute Gasteiger partial charge is 0.469 e. The summed E-state index contributed by atoms with van der Waals surface area (Å²) in [5.41, 5.74) is 2.71. The van der Waals surface area contributed by atoms with E-state index in [1.807, 2.05) is 12.1 Å². The number of benzene rings is 1. The Labute approximate surface area is 115 Å². The highest BCUT2D eigenvalue weighted by Gasteiger charge is 2.13. The van der Waals surface area contributed by atoms with Gasteiger partial charge in [-0.25, -0.2) is 0 Å². The van der Waals surface area contributed by atoms with Gasteiger partial charge in [-0.15, -0.1) is 0 Å². The molecular weight excluding hydrogens is 234 g/mol. The van der Waals surface area contributed by atoms with E-state index in [2.05, 4.69) is 50.4 Å². The van der Waals surface area contributed by atoms with Crippen molar-refractivity contribution in [1.29, 1.82) is 0 Å².